The van der Waals surface area contributed by atoms with Crippen LogP contribution in [0.2, 0.25) is 0 Å². The molecule has 2 aromatic rings. The van der Waals surface area contributed by atoms with Crippen LogP contribution in [0, 0.1) is 10.1 Å². The van der Waals surface area contributed by atoms with E-state index in [1.165, 1.54) is 18.2 Å². The molecule has 1 aromatic heterocycles. The molecule has 5 rings (SSSR count). The summed E-state index contributed by atoms with van der Waals surface area (Å²) in [4.78, 5) is 33.4. The monoisotopic (exact) mass is 409 g/mol. The van der Waals surface area contributed by atoms with E-state index < -0.39 is 10.8 Å². The van der Waals surface area contributed by atoms with Crippen molar-refractivity contribution in [3.05, 3.63) is 58.0 Å². The van der Waals surface area contributed by atoms with Gasteiger partial charge in [0.05, 0.1) is 30.7 Å². The molecular formula is C20H19N5O5. The number of ether oxygens (including phenoxy) is 1. The smallest absolute Gasteiger partial charge is 0.401 e. The lowest BCUT2D eigenvalue weighted by atomic mass is 10.2. The van der Waals surface area contributed by atoms with Crippen molar-refractivity contribution in [3.8, 4) is 0 Å². The lowest BCUT2D eigenvalue weighted by molar-refractivity contribution is -0.402. The molecule has 0 atom stereocenters. The molecule has 10 heteroatoms. The highest BCUT2D eigenvalue weighted by Crippen LogP contribution is 2.42. The van der Waals surface area contributed by atoms with Gasteiger partial charge in [0.15, 0.2) is 0 Å². The third kappa shape index (κ3) is 3.15. The number of morpholine rings is 1. The molecule has 3 aliphatic heterocycles. The van der Waals surface area contributed by atoms with Crippen molar-refractivity contribution in [2.45, 2.75) is 0 Å². The largest absolute Gasteiger partial charge is 0.433 e. The van der Waals surface area contributed by atoms with Crippen LogP contribution in [0.25, 0.3) is 6.08 Å². The minimum absolute atomic E-state index is 0.228. The summed E-state index contributed by atoms with van der Waals surface area (Å²) in [6, 6.07) is 10.5. The van der Waals surface area contributed by atoms with E-state index in [-0.39, 0.29) is 11.6 Å². The summed E-state index contributed by atoms with van der Waals surface area (Å²) in [7, 11) is 0. The number of furan rings is 1. The Morgan fingerprint density at radius 1 is 1.10 bits per heavy atom. The van der Waals surface area contributed by atoms with Gasteiger partial charge in [0.2, 0.25) is 5.96 Å². The molecule has 10 nitrogen and oxygen atoms in total. The summed E-state index contributed by atoms with van der Waals surface area (Å²) < 4.78 is 10.6. The van der Waals surface area contributed by atoms with Crippen LogP contribution < -0.4 is 9.80 Å². The van der Waals surface area contributed by atoms with Crippen molar-refractivity contribution in [3.63, 3.8) is 0 Å². The van der Waals surface area contributed by atoms with Gasteiger partial charge in [-0.2, -0.15) is 4.99 Å². The molecule has 0 spiro atoms. The molecular weight excluding hydrogens is 390 g/mol. The molecule has 0 N–H and O–H groups in total. The number of hydrogen-bond acceptors (Lipinski definition) is 8. The predicted molar refractivity (Wildman–Crippen MR) is 109 cm³/mol. The predicted octanol–water partition coefficient (Wildman–Crippen LogP) is 2.08. The number of carbonyl (C=O) groups is 1. The Balaban J connectivity index is 1.45. The van der Waals surface area contributed by atoms with Crippen LogP contribution in [0.1, 0.15) is 5.76 Å². The third-order valence-corrected chi connectivity index (χ3v) is 5.33. The minimum atomic E-state index is -0.612. The highest BCUT2D eigenvalue weighted by atomic mass is 16.6. The number of anilines is 2. The number of amides is 1. The Morgan fingerprint density at radius 2 is 1.87 bits per heavy atom. The number of rotatable bonds is 5. The second-order valence-electron chi connectivity index (χ2n) is 7.11. The number of para-hydroxylation sites is 2. The van der Waals surface area contributed by atoms with Crippen LogP contribution in [0.5, 0.6) is 0 Å². The molecule has 0 radical (unpaired) electrons. The number of aliphatic imine (C=N–C) groups is 1. The van der Waals surface area contributed by atoms with Gasteiger partial charge >= 0.3 is 5.88 Å². The maximum atomic E-state index is 12.7. The number of guanidine groups is 1. The van der Waals surface area contributed by atoms with E-state index in [0.717, 1.165) is 44.2 Å². The summed E-state index contributed by atoms with van der Waals surface area (Å²) >= 11 is 0. The third-order valence-electron chi connectivity index (χ3n) is 5.33. The second-order valence-corrected chi connectivity index (χ2v) is 7.11. The fraction of sp³-hybridized carbons (Fsp3) is 0.300. The zero-order chi connectivity index (χ0) is 20.7. The van der Waals surface area contributed by atoms with Gasteiger partial charge < -0.3 is 14.1 Å². The van der Waals surface area contributed by atoms with Crippen molar-refractivity contribution in [2.75, 3.05) is 49.2 Å². The molecule has 0 bridgehead atoms. The van der Waals surface area contributed by atoms with Crippen LogP contribution in [-0.2, 0) is 9.53 Å². The molecule has 0 unspecified atom stereocenters. The van der Waals surface area contributed by atoms with Crippen molar-refractivity contribution in [1.82, 2.24) is 4.90 Å². The quantitative estimate of drug-likeness (QED) is 0.420. The minimum Gasteiger partial charge on any atom is -0.401 e. The SMILES string of the molecule is O=C1N=C2N(CCN3CCOCC3)c3ccccc3N2C1=Cc1ccc([N+](=O)[O-])o1. The molecule has 1 fully saturated rings. The fourth-order valence-corrected chi connectivity index (χ4v) is 3.87. The van der Waals surface area contributed by atoms with Crippen molar-refractivity contribution < 1.29 is 18.9 Å². The zero-order valence-corrected chi connectivity index (χ0v) is 16.1. The Hall–Kier alpha value is -3.50. The van der Waals surface area contributed by atoms with Crippen LogP contribution in [0.3, 0.4) is 0 Å². The Bertz CT molecular complexity index is 1070. The Labute approximate surface area is 171 Å². The number of hydrogen-bond donors (Lipinski definition) is 0. The van der Waals surface area contributed by atoms with E-state index in [2.05, 4.69) is 9.89 Å². The molecule has 1 amide bonds. The van der Waals surface area contributed by atoms with Crippen LogP contribution >= 0.6 is 0 Å². The number of fused-ring (bicyclic) bond motifs is 3. The van der Waals surface area contributed by atoms with Gasteiger partial charge in [0.25, 0.3) is 5.91 Å². The first kappa shape index (κ1) is 18.5. The van der Waals surface area contributed by atoms with E-state index in [4.69, 9.17) is 9.15 Å². The standard InChI is InChI=1S/C20H19N5O5/c26-19-17(13-14-5-6-18(30-14)25(27)28)24-16-4-2-1-3-15(16)23(20(24)21-19)8-7-22-9-11-29-12-10-22/h1-6,13H,7-12H2. The van der Waals surface area contributed by atoms with Gasteiger partial charge in [-0.05, 0) is 18.2 Å². The van der Waals surface area contributed by atoms with Gasteiger partial charge in [-0.3, -0.25) is 24.7 Å². The molecule has 1 saturated heterocycles. The van der Waals surface area contributed by atoms with Crippen LogP contribution in [0.15, 0.2) is 51.5 Å². The summed E-state index contributed by atoms with van der Waals surface area (Å²) in [5.41, 5.74) is 2.11. The van der Waals surface area contributed by atoms with E-state index in [1.807, 2.05) is 29.2 Å². The van der Waals surface area contributed by atoms with E-state index >= 15 is 0 Å². The van der Waals surface area contributed by atoms with Gasteiger partial charge in [-0.25, -0.2) is 0 Å². The van der Waals surface area contributed by atoms with Gasteiger partial charge in [0.1, 0.15) is 16.4 Å². The first-order chi connectivity index (χ1) is 14.6. The average molecular weight is 409 g/mol. The topological polar surface area (TPSA) is 105 Å². The molecule has 4 heterocycles. The first-order valence-electron chi connectivity index (χ1n) is 9.67. The van der Waals surface area contributed by atoms with Crippen LogP contribution in [0.4, 0.5) is 17.3 Å². The Kier molecular flexibility index (Phi) is 4.57. The highest BCUT2D eigenvalue weighted by molar-refractivity contribution is 6.31. The fourth-order valence-electron chi connectivity index (χ4n) is 3.87. The number of nitrogens with zero attached hydrogens (tertiary/aromatic N) is 5. The molecule has 1 aromatic carbocycles. The number of benzene rings is 1. The lowest BCUT2D eigenvalue weighted by Gasteiger charge is -2.29. The summed E-state index contributed by atoms with van der Waals surface area (Å²) in [5, 5.41) is 10.9. The van der Waals surface area contributed by atoms with Crippen molar-refractivity contribution in [1.29, 1.82) is 0 Å². The number of carbonyl (C=O) groups excluding carboxylic acids is 1. The maximum absolute atomic E-state index is 12.7. The number of nitro groups is 1. The summed E-state index contributed by atoms with van der Waals surface area (Å²) in [5.74, 6) is -0.00941. The molecule has 3 aliphatic rings. The lowest BCUT2D eigenvalue weighted by Crippen LogP contribution is -2.43. The Morgan fingerprint density at radius 3 is 2.60 bits per heavy atom. The molecule has 0 aliphatic carbocycles. The normalized spacial score (nSPS) is 19.9. The second kappa shape index (κ2) is 7.39. The van der Waals surface area contributed by atoms with E-state index in [1.54, 1.807) is 4.90 Å². The average Bonchev–Trinajstić information content (AvgIpc) is 3.42. The molecule has 154 valence electrons. The van der Waals surface area contributed by atoms with Crippen molar-refractivity contribution >= 4 is 35.2 Å². The van der Waals surface area contributed by atoms with Gasteiger partial charge in [-0.1, -0.05) is 12.1 Å². The molecule has 0 saturated carbocycles. The van der Waals surface area contributed by atoms with Gasteiger partial charge in [0, 0.05) is 32.3 Å². The van der Waals surface area contributed by atoms with Gasteiger partial charge in [-0.15, -0.1) is 0 Å². The maximum Gasteiger partial charge on any atom is 0.433 e. The van der Waals surface area contributed by atoms with Crippen LogP contribution in [-0.4, -0.2) is 61.1 Å². The first-order valence-corrected chi connectivity index (χ1v) is 9.67. The van der Waals surface area contributed by atoms with E-state index in [9.17, 15) is 14.9 Å². The highest BCUT2D eigenvalue weighted by Gasteiger charge is 2.42. The van der Waals surface area contributed by atoms with E-state index in [0.29, 0.717) is 18.2 Å². The molecule has 30 heavy (non-hydrogen) atoms. The summed E-state index contributed by atoms with van der Waals surface area (Å²) in [6.45, 7) is 4.72. The summed E-state index contributed by atoms with van der Waals surface area (Å²) in [6.07, 6.45) is 1.49. The van der Waals surface area contributed by atoms with Crippen molar-refractivity contribution in [2.24, 2.45) is 4.99 Å². The zero-order valence-electron chi connectivity index (χ0n) is 16.1.